The molecular weight excluding hydrogens is 344 g/mol. The Bertz CT molecular complexity index is 339. The molecule has 28 heavy (non-hydrogen) atoms. The molecule has 0 spiro atoms. The van der Waals surface area contributed by atoms with Crippen LogP contribution in [0.3, 0.4) is 0 Å². The van der Waals surface area contributed by atoms with Crippen molar-refractivity contribution < 1.29 is 9.78 Å². The van der Waals surface area contributed by atoms with Crippen molar-refractivity contribution in [1.29, 1.82) is 0 Å². The van der Waals surface area contributed by atoms with E-state index in [2.05, 4.69) is 69.2 Å². The van der Waals surface area contributed by atoms with E-state index in [0.29, 0.717) is 11.8 Å². The molecular formula is C26H54O2. The molecule has 170 valence electrons. The second kappa shape index (κ2) is 14.0. The maximum absolute atomic E-state index is 6.46. The summed E-state index contributed by atoms with van der Waals surface area (Å²) in [6, 6.07) is 0. The first kappa shape index (κ1) is 27.9. The monoisotopic (exact) mass is 398 g/mol. The summed E-state index contributed by atoms with van der Waals surface area (Å²) in [7, 11) is 0. The van der Waals surface area contributed by atoms with Crippen LogP contribution in [0, 0.1) is 22.7 Å². The van der Waals surface area contributed by atoms with Crippen molar-refractivity contribution in [1.82, 2.24) is 0 Å². The maximum atomic E-state index is 6.46. The Balaban J connectivity index is 5.53. The van der Waals surface area contributed by atoms with Gasteiger partial charge in [-0.2, -0.15) is 0 Å². The summed E-state index contributed by atoms with van der Waals surface area (Å²) in [4.78, 5) is 12.9. The van der Waals surface area contributed by atoms with Crippen LogP contribution in [0.25, 0.3) is 0 Å². The third kappa shape index (κ3) is 8.74. The van der Waals surface area contributed by atoms with Gasteiger partial charge in [0.05, 0.1) is 0 Å². The minimum Gasteiger partial charge on any atom is -0.232 e. The fraction of sp³-hybridized carbons (Fsp3) is 1.00. The Morgan fingerprint density at radius 3 is 1.11 bits per heavy atom. The van der Waals surface area contributed by atoms with Crippen LogP contribution in [0.5, 0.6) is 0 Å². The molecule has 2 heteroatoms. The van der Waals surface area contributed by atoms with Gasteiger partial charge < -0.3 is 0 Å². The third-order valence-electron chi connectivity index (χ3n) is 7.39. The minimum absolute atomic E-state index is 0.125. The lowest BCUT2D eigenvalue weighted by atomic mass is 9.74. The van der Waals surface area contributed by atoms with Gasteiger partial charge in [-0.25, -0.2) is 9.78 Å². The van der Waals surface area contributed by atoms with Crippen molar-refractivity contribution >= 4 is 0 Å². The van der Waals surface area contributed by atoms with E-state index in [-0.39, 0.29) is 23.0 Å². The van der Waals surface area contributed by atoms with Crippen molar-refractivity contribution in [3.8, 4) is 0 Å². The Morgan fingerprint density at radius 2 is 0.893 bits per heavy atom. The van der Waals surface area contributed by atoms with E-state index >= 15 is 0 Å². The topological polar surface area (TPSA) is 18.5 Å². The molecule has 0 rings (SSSR count). The van der Waals surface area contributed by atoms with Crippen molar-refractivity contribution in [3.63, 3.8) is 0 Å². The molecule has 0 aliphatic rings. The molecule has 0 aliphatic heterocycles. The van der Waals surface area contributed by atoms with E-state index in [9.17, 15) is 0 Å². The largest absolute Gasteiger partial charge is 0.232 e. The summed E-state index contributed by atoms with van der Waals surface area (Å²) in [6.45, 7) is 23.2. The molecule has 0 bridgehead atoms. The van der Waals surface area contributed by atoms with Crippen molar-refractivity contribution in [3.05, 3.63) is 0 Å². The first-order valence-corrected chi connectivity index (χ1v) is 12.5. The first-order valence-electron chi connectivity index (χ1n) is 12.5. The lowest BCUT2D eigenvalue weighted by molar-refractivity contribution is -0.398. The molecule has 4 unspecified atom stereocenters. The molecule has 0 N–H and O–H groups in total. The van der Waals surface area contributed by atoms with Gasteiger partial charge in [-0.3, -0.25) is 0 Å². The van der Waals surface area contributed by atoms with Gasteiger partial charge in [0.2, 0.25) is 0 Å². The zero-order valence-corrected chi connectivity index (χ0v) is 21.2. The van der Waals surface area contributed by atoms with Gasteiger partial charge in [-0.1, -0.05) is 108 Å². The van der Waals surface area contributed by atoms with Gasteiger partial charge in [0, 0.05) is 0 Å². The summed E-state index contributed by atoms with van der Waals surface area (Å²) in [5.74, 6) is 1.13. The molecule has 0 aromatic carbocycles. The minimum atomic E-state index is 0.125. The highest BCUT2D eigenvalue weighted by molar-refractivity contribution is 4.85. The highest BCUT2D eigenvalue weighted by atomic mass is 17.2. The quantitative estimate of drug-likeness (QED) is 0.180. The van der Waals surface area contributed by atoms with Crippen LogP contribution >= 0.6 is 0 Å². The second-order valence-corrected chi connectivity index (χ2v) is 10.3. The van der Waals surface area contributed by atoms with Gasteiger partial charge in [0.25, 0.3) is 0 Å². The van der Waals surface area contributed by atoms with Crippen LogP contribution in [-0.4, -0.2) is 12.2 Å². The number of hydrogen-bond donors (Lipinski definition) is 0. The van der Waals surface area contributed by atoms with Gasteiger partial charge in [0.1, 0.15) is 12.2 Å². The summed E-state index contributed by atoms with van der Waals surface area (Å²) < 4.78 is 0. The van der Waals surface area contributed by atoms with E-state index in [1.165, 1.54) is 38.5 Å². The fourth-order valence-electron chi connectivity index (χ4n) is 4.29. The highest BCUT2D eigenvalue weighted by Gasteiger charge is 2.40. The normalized spacial score (nSPS) is 17.4. The molecule has 0 aromatic heterocycles. The molecule has 0 saturated carbocycles. The van der Waals surface area contributed by atoms with Crippen molar-refractivity contribution in [2.45, 2.75) is 146 Å². The lowest BCUT2D eigenvalue weighted by Gasteiger charge is -2.42. The molecule has 0 fully saturated rings. The summed E-state index contributed by atoms with van der Waals surface area (Å²) in [5.41, 5.74) is 0.251. The molecule has 0 saturated heterocycles. The molecule has 2 nitrogen and oxygen atoms in total. The van der Waals surface area contributed by atoms with E-state index in [4.69, 9.17) is 9.78 Å². The van der Waals surface area contributed by atoms with E-state index in [1.54, 1.807) is 0 Å². The number of unbranched alkanes of at least 4 members (excludes halogenated alkanes) is 2. The molecule has 0 heterocycles. The van der Waals surface area contributed by atoms with Gasteiger partial charge in [-0.05, 0) is 48.3 Å². The van der Waals surface area contributed by atoms with Crippen LogP contribution < -0.4 is 0 Å². The highest BCUT2D eigenvalue weighted by Crippen LogP contribution is 2.40. The van der Waals surface area contributed by atoms with E-state index < -0.39 is 0 Å². The zero-order valence-electron chi connectivity index (χ0n) is 21.2. The molecule has 0 amide bonds. The first-order chi connectivity index (χ1) is 13.1. The Labute approximate surface area is 178 Å². The Morgan fingerprint density at radius 1 is 0.571 bits per heavy atom. The van der Waals surface area contributed by atoms with Crippen LogP contribution in [0.4, 0.5) is 0 Å². The van der Waals surface area contributed by atoms with Gasteiger partial charge in [0.15, 0.2) is 0 Å². The summed E-state index contributed by atoms with van der Waals surface area (Å²) in [5, 5.41) is 0. The Hall–Kier alpha value is -0.0800. The van der Waals surface area contributed by atoms with Gasteiger partial charge in [-0.15, -0.1) is 0 Å². The second-order valence-electron chi connectivity index (χ2n) is 10.3. The average Bonchev–Trinajstić information content (AvgIpc) is 2.68. The van der Waals surface area contributed by atoms with Gasteiger partial charge >= 0.3 is 0 Å². The molecule has 0 radical (unpaired) electrons. The van der Waals surface area contributed by atoms with Crippen molar-refractivity contribution in [2.75, 3.05) is 0 Å². The number of hydrogen-bond acceptors (Lipinski definition) is 2. The SMILES string of the molecule is CCCCC(CC)C(OOC(C(CC)CCCC)C(C)(C)CC)C(C)(C)CC. The zero-order chi connectivity index (χ0) is 21.8. The van der Waals surface area contributed by atoms with Crippen LogP contribution in [0.1, 0.15) is 133 Å². The molecule has 0 aliphatic carbocycles. The predicted molar refractivity (Wildman–Crippen MR) is 125 cm³/mol. The Kier molecular flexibility index (Phi) is 14.0. The predicted octanol–water partition coefficient (Wildman–Crippen LogP) is 8.98. The lowest BCUT2D eigenvalue weighted by Crippen LogP contribution is -2.43. The standard InChI is InChI=1S/C26H54O2/c1-11-17-19-21(13-3)23(25(7,8)15-5)27-28-24(26(9,10)16-6)22(14-4)20-18-12-2/h21-24H,11-20H2,1-10H3. The van der Waals surface area contributed by atoms with E-state index in [0.717, 1.165) is 25.7 Å². The fourth-order valence-corrected chi connectivity index (χ4v) is 4.29. The van der Waals surface area contributed by atoms with Crippen LogP contribution in [0.15, 0.2) is 0 Å². The number of rotatable bonds is 17. The van der Waals surface area contributed by atoms with Crippen LogP contribution in [-0.2, 0) is 9.78 Å². The molecule has 4 atom stereocenters. The maximum Gasteiger partial charge on any atom is 0.101 e. The van der Waals surface area contributed by atoms with E-state index in [1.807, 2.05) is 0 Å². The molecule has 0 aromatic rings. The smallest absolute Gasteiger partial charge is 0.101 e. The third-order valence-corrected chi connectivity index (χ3v) is 7.39. The van der Waals surface area contributed by atoms with Crippen molar-refractivity contribution in [2.24, 2.45) is 22.7 Å². The summed E-state index contributed by atoms with van der Waals surface area (Å²) in [6.07, 6.45) is 12.4. The van der Waals surface area contributed by atoms with Crippen LogP contribution in [0.2, 0.25) is 0 Å². The summed E-state index contributed by atoms with van der Waals surface area (Å²) >= 11 is 0. The average molecular weight is 399 g/mol.